The first-order valence-electron chi connectivity index (χ1n) is 7.74. The van der Waals surface area contributed by atoms with Crippen molar-refractivity contribution in [2.24, 2.45) is 5.73 Å². The molecule has 0 radical (unpaired) electrons. The molecular formula is C16H27N3OS. The molecule has 0 saturated carbocycles. The molecule has 2 heterocycles. The number of aromatic nitrogens is 1. The first-order valence-corrected chi connectivity index (χ1v) is 8.62. The highest BCUT2D eigenvalue weighted by molar-refractivity contribution is 7.09. The molecule has 5 heteroatoms. The largest absolute Gasteiger partial charge is 0.330 e. The van der Waals surface area contributed by atoms with Gasteiger partial charge in [-0.1, -0.05) is 20.8 Å². The molecule has 1 fully saturated rings. The van der Waals surface area contributed by atoms with E-state index in [0.29, 0.717) is 6.42 Å². The van der Waals surface area contributed by atoms with Crippen LogP contribution >= 0.6 is 11.3 Å². The van der Waals surface area contributed by atoms with Crippen LogP contribution in [0.25, 0.3) is 0 Å². The van der Waals surface area contributed by atoms with Crippen LogP contribution in [0.1, 0.15) is 70.6 Å². The summed E-state index contributed by atoms with van der Waals surface area (Å²) in [4.78, 5) is 19.2. The molecule has 118 valence electrons. The molecule has 1 amide bonds. The molecular weight excluding hydrogens is 282 g/mol. The predicted octanol–water partition coefficient (Wildman–Crippen LogP) is 3.23. The van der Waals surface area contributed by atoms with Crippen LogP contribution in [0.4, 0.5) is 0 Å². The second-order valence-corrected chi connectivity index (χ2v) is 8.08. The minimum Gasteiger partial charge on any atom is -0.330 e. The molecule has 2 rings (SSSR count). The summed E-state index contributed by atoms with van der Waals surface area (Å²) in [5, 5.41) is 3.18. The van der Waals surface area contributed by atoms with Gasteiger partial charge in [-0.2, -0.15) is 0 Å². The topological polar surface area (TPSA) is 59.2 Å². The summed E-state index contributed by atoms with van der Waals surface area (Å²) in [7, 11) is 0. The van der Waals surface area contributed by atoms with Gasteiger partial charge in [-0.3, -0.25) is 4.79 Å². The van der Waals surface area contributed by atoms with Crippen molar-refractivity contribution >= 4 is 17.2 Å². The summed E-state index contributed by atoms with van der Waals surface area (Å²) in [6.07, 6.45) is 2.34. The highest BCUT2D eigenvalue weighted by atomic mass is 32.1. The Balaban J connectivity index is 2.40. The van der Waals surface area contributed by atoms with Crippen molar-refractivity contribution in [3.05, 3.63) is 16.1 Å². The zero-order valence-corrected chi connectivity index (χ0v) is 14.5. The monoisotopic (exact) mass is 309 g/mol. The molecule has 1 aliphatic heterocycles. The van der Waals surface area contributed by atoms with Crippen LogP contribution in [0.3, 0.4) is 0 Å². The van der Waals surface area contributed by atoms with E-state index in [-0.39, 0.29) is 29.4 Å². The number of carbonyl (C=O) groups excluding carboxylic acids is 1. The second-order valence-electron chi connectivity index (χ2n) is 7.22. The number of hydrogen-bond acceptors (Lipinski definition) is 4. The normalized spacial score (nSPS) is 24.5. The van der Waals surface area contributed by atoms with Gasteiger partial charge >= 0.3 is 0 Å². The third-order valence-electron chi connectivity index (χ3n) is 3.94. The van der Waals surface area contributed by atoms with Crippen molar-refractivity contribution in [2.45, 2.75) is 77.4 Å². The fraction of sp³-hybridized carbons (Fsp3) is 0.750. The van der Waals surface area contributed by atoms with E-state index in [9.17, 15) is 4.79 Å². The quantitative estimate of drug-likeness (QED) is 0.912. The SMILES string of the molecule is CC(C)N1C(=O)CCCC(N)C1c1csc(C(C)(C)C)n1. The number of carbonyl (C=O) groups is 1. The van der Waals surface area contributed by atoms with E-state index < -0.39 is 0 Å². The minimum atomic E-state index is -0.0904. The van der Waals surface area contributed by atoms with Crippen molar-refractivity contribution in [1.82, 2.24) is 9.88 Å². The van der Waals surface area contributed by atoms with Crippen LogP contribution in [-0.4, -0.2) is 27.9 Å². The Morgan fingerprint density at radius 1 is 1.43 bits per heavy atom. The lowest BCUT2D eigenvalue weighted by Gasteiger charge is -2.35. The Kier molecular flexibility index (Phi) is 4.73. The first kappa shape index (κ1) is 16.4. The summed E-state index contributed by atoms with van der Waals surface area (Å²) in [5.41, 5.74) is 7.38. The summed E-state index contributed by atoms with van der Waals surface area (Å²) < 4.78 is 0. The van der Waals surface area contributed by atoms with Gasteiger partial charge in [-0.25, -0.2) is 4.98 Å². The van der Waals surface area contributed by atoms with Crippen LogP contribution in [0.2, 0.25) is 0 Å². The molecule has 0 spiro atoms. The van der Waals surface area contributed by atoms with Crippen LogP contribution < -0.4 is 5.73 Å². The number of hydrogen-bond donors (Lipinski definition) is 1. The Morgan fingerprint density at radius 3 is 2.62 bits per heavy atom. The van der Waals surface area contributed by atoms with Gasteiger partial charge in [0.05, 0.1) is 16.7 Å². The van der Waals surface area contributed by atoms with E-state index in [1.165, 1.54) is 0 Å². The zero-order valence-electron chi connectivity index (χ0n) is 13.7. The number of rotatable bonds is 2. The molecule has 2 unspecified atom stereocenters. The molecule has 21 heavy (non-hydrogen) atoms. The van der Waals surface area contributed by atoms with E-state index in [0.717, 1.165) is 23.5 Å². The summed E-state index contributed by atoms with van der Waals surface area (Å²) in [6.45, 7) is 10.6. The zero-order chi connectivity index (χ0) is 15.8. The highest BCUT2D eigenvalue weighted by Gasteiger charge is 2.36. The molecule has 1 aromatic rings. The van der Waals surface area contributed by atoms with Crippen LogP contribution in [0.15, 0.2) is 5.38 Å². The fourth-order valence-corrected chi connectivity index (χ4v) is 3.81. The van der Waals surface area contributed by atoms with Crippen LogP contribution in [-0.2, 0) is 10.2 Å². The molecule has 2 atom stereocenters. The van der Waals surface area contributed by atoms with Gasteiger partial charge < -0.3 is 10.6 Å². The Morgan fingerprint density at radius 2 is 2.10 bits per heavy atom. The average Bonchev–Trinajstić information content (AvgIpc) is 2.78. The lowest BCUT2D eigenvalue weighted by molar-refractivity contribution is -0.135. The van der Waals surface area contributed by atoms with Gasteiger partial charge in [0.1, 0.15) is 0 Å². The molecule has 0 bridgehead atoms. The van der Waals surface area contributed by atoms with E-state index in [4.69, 9.17) is 10.7 Å². The first-order chi connectivity index (χ1) is 9.71. The number of likely N-dealkylation sites (tertiary alicyclic amines) is 1. The van der Waals surface area contributed by atoms with E-state index in [1.54, 1.807) is 11.3 Å². The molecule has 2 N–H and O–H groups in total. The lowest BCUT2D eigenvalue weighted by atomic mass is 9.97. The Labute approximate surface area is 131 Å². The highest BCUT2D eigenvalue weighted by Crippen LogP contribution is 2.34. The number of amides is 1. The van der Waals surface area contributed by atoms with Gasteiger partial charge in [-0.15, -0.1) is 11.3 Å². The average molecular weight is 309 g/mol. The smallest absolute Gasteiger partial charge is 0.223 e. The van der Waals surface area contributed by atoms with Gasteiger partial charge in [0.15, 0.2) is 0 Å². The third kappa shape index (κ3) is 3.46. The molecule has 0 aliphatic carbocycles. The predicted molar refractivity (Wildman–Crippen MR) is 87.4 cm³/mol. The third-order valence-corrected chi connectivity index (χ3v) is 5.23. The van der Waals surface area contributed by atoms with Crippen molar-refractivity contribution in [1.29, 1.82) is 0 Å². The summed E-state index contributed by atoms with van der Waals surface area (Å²) in [5.74, 6) is 0.202. The van der Waals surface area contributed by atoms with Crippen molar-refractivity contribution < 1.29 is 4.79 Å². The maximum atomic E-state index is 12.4. The molecule has 1 saturated heterocycles. The van der Waals surface area contributed by atoms with E-state index in [2.05, 4.69) is 40.0 Å². The Hall–Kier alpha value is -0.940. The van der Waals surface area contributed by atoms with Crippen LogP contribution in [0, 0.1) is 0 Å². The van der Waals surface area contributed by atoms with E-state index in [1.807, 2.05) is 4.90 Å². The summed E-state index contributed by atoms with van der Waals surface area (Å²) in [6, 6.07) is 0.0209. The lowest BCUT2D eigenvalue weighted by Crippen LogP contribution is -2.45. The van der Waals surface area contributed by atoms with Gasteiger partial charge in [0, 0.05) is 29.3 Å². The molecule has 0 aromatic carbocycles. The van der Waals surface area contributed by atoms with Gasteiger partial charge in [-0.05, 0) is 26.7 Å². The van der Waals surface area contributed by atoms with Crippen molar-refractivity contribution in [3.8, 4) is 0 Å². The maximum absolute atomic E-state index is 12.4. The van der Waals surface area contributed by atoms with E-state index >= 15 is 0 Å². The number of nitrogens with two attached hydrogens (primary N) is 1. The number of thiazole rings is 1. The second kappa shape index (κ2) is 6.05. The number of nitrogens with zero attached hydrogens (tertiary/aromatic N) is 2. The van der Waals surface area contributed by atoms with Crippen molar-refractivity contribution in [3.63, 3.8) is 0 Å². The fourth-order valence-electron chi connectivity index (χ4n) is 2.87. The molecule has 4 nitrogen and oxygen atoms in total. The van der Waals surface area contributed by atoms with Crippen LogP contribution in [0.5, 0.6) is 0 Å². The van der Waals surface area contributed by atoms with Gasteiger partial charge in [0.2, 0.25) is 5.91 Å². The molecule has 1 aromatic heterocycles. The summed E-state index contributed by atoms with van der Waals surface area (Å²) >= 11 is 1.67. The minimum absolute atomic E-state index is 0.0322. The van der Waals surface area contributed by atoms with Gasteiger partial charge in [0.25, 0.3) is 0 Å². The maximum Gasteiger partial charge on any atom is 0.223 e. The Bertz CT molecular complexity index is 504. The molecule has 1 aliphatic rings. The van der Waals surface area contributed by atoms with Crippen molar-refractivity contribution in [2.75, 3.05) is 0 Å². The standard InChI is InChI=1S/C16H27N3OS/c1-10(2)19-13(20)8-6-7-11(17)14(19)12-9-21-15(18-12)16(3,4)5/h9-11,14H,6-8,17H2,1-5H3.